The predicted octanol–water partition coefficient (Wildman–Crippen LogP) is 3.22. The van der Waals surface area contributed by atoms with Gasteiger partial charge in [0.25, 0.3) is 0 Å². The van der Waals surface area contributed by atoms with Crippen molar-refractivity contribution in [2.45, 2.75) is 30.7 Å². The van der Waals surface area contributed by atoms with Gasteiger partial charge in [-0.05, 0) is 31.0 Å². The van der Waals surface area contributed by atoms with Gasteiger partial charge in [0.15, 0.2) is 9.84 Å². The van der Waals surface area contributed by atoms with Crippen LogP contribution in [0.1, 0.15) is 35.9 Å². The molecule has 1 aliphatic rings. The van der Waals surface area contributed by atoms with Crippen LogP contribution in [-0.2, 0) is 16.0 Å². The highest BCUT2D eigenvalue weighted by Gasteiger charge is 2.34. The Kier molecular flexibility index (Phi) is 3.23. The van der Waals surface area contributed by atoms with Gasteiger partial charge in [-0.25, -0.2) is 13.4 Å². The number of aromatic nitrogens is 2. The molecule has 1 unspecified atom stereocenters. The summed E-state index contributed by atoms with van der Waals surface area (Å²) in [6.07, 6.45) is -2.59. The van der Waals surface area contributed by atoms with Gasteiger partial charge in [-0.15, -0.1) is 0 Å². The highest BCUT2D eigenvalue weighted by atomic mass is 32.2. The maximum atomic E-state index is 12.7. The minimum Gasteiger partial charge on any atom is -0.341 e. The Balaban J connectivity index is 2.05. The molecule has 21 heavy (non-hydrogen) atoms. The van der Waals surface area contributed by atoms with Crippen molar-refractivity contribution in [2.24, 2.45) is 0 Å². The van der Waals surface area contributed by atoms with Crippen LogP contribution in [-0.4, -0.2) is 24.1 Å². The number of aromatic amines is 1. The summed E-state index contributed by atoms with van der Waals surface area (Å²) in [5.74, 6) is 0.340. The normalized spacial score (nSPS) is 22.5. The van der Waals surface area contributed by atoms with E-state index in [0.717, 1.165) is 18.6 Å². The summed E-state index contributed by atoms with van der Waals surface area (Å²) in [6, 6.07) is 3.16. The first-order valence-electron chi connectivity index (χ1n) is 6.56. The van der Waals surface area contributed by atoms with E-state index in [4.69, 9.17) is 0 Å². The molecule has 3 rings (SSSR count). The molecule has 1 N–H and O–H groups in total. The molecule has 114 valence electrons. The molecule has 1 atom stereocenters. The number of benzene rings is 1. The highest BCUT2D eigenvalue weighted by molar-refractivity contribution is 7.91. The van der Waals surface area contributed by atoms with Crippen molar-refractivity contribution in [1.82, 2.24) is 9.97 Å². The Morgan fingerprint density at radius 3 is 2.67 bits per heavy atom. The van der Waals surface area contributed by atoms with E-state index >= 15 is 0 Å². The van der Waals surface area contributed by atoms with Gasteiger partial charge in [0.1, 0.15) is 11.1 Å². The minimum atomic E-state index is -4.43. The third kappa shape index (κ3) is 2.64. The number of imidazole rings is 1. The molecule has 4 nitrogen and oxygen atoms in total. The van der Waals surface area contributed by atoms with Crippen LogP contribution < -0.4 is 0 Å². The zero-order chi connectivity index (χ0) is 15.3. The molecule has 1 aliphatic heterocycles. The average molecular weight is 318 g/mol. The van der Waals surface area contributed by atoms with E-state index in [1.807, 2.05) is 0 Å². The summed E-state index contributed by atoms with van der Waals surface area (Å²) < 4.78 is 62.1. The smallest absolute Gasteiger partial charge is 0.341 e. The van der Waals surface area contributed by atoms with Crippen molar-refractivity contribution in [3.63, 3.8) is 0 Å². The number of alkyl halides is 3. The maximum absolute atomic E-state index is 12.7. The van der Waals surface area contributed by atoms with Crippen molar-refractivity contribution in [1.29, 1.82) is 0 Å². The van der Waals surface area contributed by atoms with Gasteiger partial charge in [-0.3, -0.25) is 0 Å². The van der Waals surface area contributed by atoms with Crippen molar-refractivity contribution in [2.75, 3.05) is 5.75 Å². The molecule has 0 amide bonds. The molecular weight excluding hydrogens is 305 g/mol. The van der Waals surface area contributed by atoms with Crippen molar-refractivity contribution in [3.8, 4) is 0 Å². The monoisotopic (exact) mass is 318 g/mol. The fraction of sp³-hybridized carbons (Fsp3) is 0.462. The first kappa shape index (κ1) is 14.4. The number of sulfone groups is 1. The summed E-state index contributed by atoms with van der Waals surface area (Å²) in [7, 11) is -3.28. The van der Waals surface area contributed by atoms with Gasteiger partial charge >= 0.3 is 6.18 Å². The molecule has 2 heterocycles. The SMILES string of the molecule is O=S1(=O)CCCCC1c1nc2ccc(C(F)(F)F)cc2[nH]1. The first-order valence-corrected chi connectivity index (χ1v) is 8.27. The Labute approximate surface area is 119 Å². The van der Waals surface area contributed by atoms with Crippen molar-refractivity contribution in [3.05, 3.63) is 29.6 Å². The number of nitrogens with one attached hydrogen (secondary N) is 1. The molecule has 0 aliphatic carbocycles. The third-order valence-electron chi connectivity index (χ3n) is 3.71. The number of fused-ring (bicyclic) bond motifs is 1. The van der Waals surface area contributed by atoms with Gasteiger partial charge in [0, 0.05) is 0 Å². The van der Waals surface area contributed by atoms with Gasteiger partial charge in [0.2, 0.25) is 0 Å². The Morgan fingerprint density at radius 1 is 1.24 bits per heavy atom. The molecule has 1 saturated heterocycles. The minimum absolute atomic E-state index is 0.0997. The zero-order valence-corrected chi connectivity index (χ0v) is 11.8. The summed E-state index contributed by atoms with van der Waals surface area (Å²) in [4.78, 5) is 6.90. The fourth-order valence-corrected chi connectivity index (χ4v) is 4.49. The molecule has 1 aromatic carbocycles. The summed E-state index contributed by atoms with van der Waals surface area (Å²) in [5, 5.41) is -0.743. The van der Waals surface area contributed by atoms with Crippen LogP contribution in [0, 0.1) is 0 Å². The summed E-state index contributed by atoms with van der Waals surface area (Å²) in [5.41, 5.74) is -0.226. The molecular formula is C13H13F3N2O2S. The van der Waals surface area contributed by atoms with E-state index in [0.29, 0.717) is 18.4 Å². The van der Waals surface area contributed by atoms with Crippen LogP contribution in [0.5, 0.6) is 0 Å². The predicted molar refractivity (Wildman–Crippen MR) is 71.5 cm³/mol. The van der Waals surface area contributed by atoms with Gasteiger partial charge < -0.3 is 4.98 Å². The number of hydrogen-bond acceptors (Lipinski definition) is 3. The molecule has 2 aromatic rings. The lowest BCUT2D eigenvalue weighted by Crippen LogP contribution is -2.22. The van der Waals surface area contributed by atoms with E-state index < -0.39 is 26.8 Å². The molecule has 0 bridgehead atoms. The lowest BCUT2D eigenvalue weighted by molar-refractivity contribution is -0.137. The lowest BCUT2D eigenvalue weighted by Gasteiger charge is -2.20. The fourth-order valence-electron chi connectivity index (χ4n) is 2.62. The topological polar surface area (TPSA) is 62.8 Å². The molecule has 1 aromatic heterocycles. The number of hydrogen-bond donors (Lipinski definition) is 1. The average Bonchev–Trinajstić information content (AvgIpc) is 2.79. The van der Waals surface area contributed by atoms with Gasteiger partial charge in [0.05, 0.1) is 22.3 Å². The standard InChI is InChI=1S/C13H13F3N2O2S/c14-13(15,16)8-4-5-9-10(7-8)18-12(17-9)11-3-1-2-6-21(11,19)20/h4-5,7,11H,1-3,6H2,(H,17,18). The molecule has 0 spiro atoms. The van der Waals surface area contributed by atoms with E-state index in [9.17, 15) is 21.6 Å². The highest BCUT2D eigenvalue weighted by Crippen LogP contribution is 2.34. The second-order valence-corrected chi connectivity index (χ2v) is 7.51. The summed E-state index contributed by atoms with van der Waals surface area (Å²) >= 11 is 0. The van der Waals surface area contributed by atoms with E-state index in [1.54, 1.807) is 0 Å². The maximum Gasteiger partial charge on any atom is 0.416 e. The number of rotatable bonds is 1. The quantitative estimate of drug-likeness (QED) is 0.878. The molecule has 8 heteroatoms. The number of nitrogens with zero attached hydrogens (tertiary/aromatic N) is 1. The molecule has 0 saturated carbocycles. The van der Waals surface area contributed by atoms with Crippen LogP contribution in [0.3, 0.4) is 0 Å². The Morgan fingerprint density at radius 2 is 2.00 bits per heavy atom. The third-order valence-corrected chi connectivity index (χ3v) is 5.89. The van der Waals surface area contributed by atoms with E-state index in [2.05, 4.69) is 9.97 Å². The van der Waals surface area contributed by atoms with Gasteiger partial charge in [-0.1, -0.05) is 6.42 Å². The van der Waals surface area contributed by atoms with Crippen molar-refractivity contribution >= 4 is 20.9 Å². The van der Waals surface area contributed by atoms with Gasteiger partial charge in [-0.2, -0.15) is 13.2 Å². The van der Waals surface area contributed by atoms with E-state index in [-0.39, 0.29) is 17.1 Å². The second-order valence-electron chi connectivity index (χ2n) is 5.20. The van der Waals surface area contributed by atoms with Crippen LogP contribution in [0.25, 0.3) is 11.0 Å². The molecule has 1 fully saturated rings. The van der Waals surface area contributed by atoms with Crippen LogP contribution in [0.15, 0.2) is 18.2 Å². The van der Waals surface area contributed by atoms with Crippen LogP contribution in [0.2, 0.25) is 0 Å². The number of halogens is 3. The Bertz CT molecular complexity index is 780. The Hall–Kier alpha value is -1.57. The second kappa shape index (κ2) is 4.72. The van der Waals surface area contributed by atoms with Crippen LogP contribution >= 0.6 is 0 Å². The van der Waals surface area contributed by atoms with E-state index in [1.165, 1.54) is 6.07 Å². The number of H-pyrrole nitrogens is 1. The van der Waals surface area contributed by atoms with Crippen LogP contribution in [0.4, 0.5) is 13.2 Å². The molecule has 0 radical (unpaired) electrons. The van der Waals surface area contributed by atoms with Crippen molar-refractivity contribution < 1.29 is 21.6 Å². The first-order chi connectivity index (χ1) is 9.77. The summed E-state index contributed by atoms with van der Waals surface area (Å²) in [6.45, 7) is 0. The lowest BCUT2D eigenvalue weighted by atomic mass is 10.2. The zero-order valence-electron chi connectivity index (χ0n) is 10.9. The largest absolute Gasteiger partial charge is 0.416 e.